The second-order valence-corrected chi connectivity index (χ2v) is 5.93. The molecule has 0 aliphatic heterocycles. The van der Waals surface area contributed by atoms with Gasteiger partial charge < -0.3 is 5.32 Å². The van der Waals surface area contributed by atoms with Gasteiger partial charge in [0.15, 0.2) is 0 Å². The predicted molar refractivity (Wildman–Crippen MR) is 93.6 cm³/mol. The smallest absolute Gasteiger partial charge is 0.255 e. The molecular formula is C17H13IN2O. The number of halogens is 1. The number of nitrogens with zero attached hydrogens (tertiary/aromatic N) is 1. The number of pyridine rings is 1. The standard InChI is InChI=1S/C17H13IN2O/c1-11-5-2-3-6-12(11)17(21)20-15-9-8-14(18)13-7-4-10-19-16(13)15/h2-10H,1H3,(H,20,21). The summed E-state index contributed by atoms with van der Waals surface area (Å²) in [5, 5.41) is 4.01. The minimum Gasteiger partial charge on any atom is -0.320 e. The van der Waals surface area contributed by atoms with Crippen LogP contribution in [0, 0.1) is 10.5 Å². The summed E-state index contributed by atoms with van der Waals surface area (Å²) in [7, 11) is 0. The molecule has 0 fully saturated rings. The van der Waals surface area contributed by atoms with Crippen LogP contribution in [0.1, 0.15) is 15.9 Å². The normalized spacial score (nSPS) is 10.6. The Labute approximate surface area is 136 Å². The maximum atomic E-state index is 12.4. The Bertz CT molecular complexity index is 830. The topological polar surface area (TPSA) is 42.0 Å². The van der Waals surface area contributed by atoms with Crippen molar-refractivity contribution in [3.05, 3.63) is 69.4 Å². The van der Waals surface area contributed by atoms with Crippen molar-refractivity contribution < 1.29 is 4.79 Å². The van der Waals surface area contributed by atoms with Gasteiger partial charge in [-0.05, 0) is 59.3 Å². The molecule has 2 aromatic carbocycles. The fourth-order valence-corrected chi connectivity index (χ4v) is 2.87. The molecule has 0 unspecified atom stereocenters. The van der Waals surface area contributed by atoms with Crippen LogP contribution < -0.4 is 5.32 Å². The van der Waals surface area contributed by atoms with Crippen LogP contribution in [0.2, 0.25) is 0 Å². The Hall–Kier alpha value is -1.95. The van der Waals surface area contributed by atoms with E-state index in [0.717, 1.165) is 25.7 Å². The lowest BCUT2D eigenvalue weighted by molar-refractivity contribution is 0.102. The number of hydrogen-bond acceptors (Lipinski definition) is 2. The summed E-state index contributed by atoms with van der Waals surface area (Å²) in [5.74, 6) is -0.110. The Morgan fingerprint density at radius 3 is 2.71 bits per heavy atom. The zero-order valence-corrected chi connectivity index (χ0v) is 13.6. The van der Waals surface area contributed by atoms with E-state index in [9.17, 15) is 4.79 Å². The summed E-state index contributed by atoms with van der Waals surface area (Å²) >= 11 is 2.27. The average molecular weight is 388 g/mol. The van der Waals surface area contributed by atoms with Crippen molar-refractivity contribution in [3.8, 4) is 0 Å². The number of carbonyl (C=O) groups excluding carboxylic acids is 1. The molecule has 3 aromatic rings. The van der Waals surface area contributed by atoms with E-state index in [4.69, 9.17) is 0 Å². The maximum absolute atomic E-state index is 12.4. The third-order valence-corrected chi connectivity index (χ3v) is 4.30. The number of carbonyl (C=O) groups is 1. The van der Waals surface area contributed by atoms with E-state index in [1.54, 1.807) is 6.20 Å². The highest BCUT2D eigenvalue weighted by molar-refractivity contribution is 14.1. The van der Waals surface area contributed by atoms with Crippen molar-refractivity contribution in [2.24, 2.45) is 0 Å². The molecule has 0 radical (unpaired) electrons. The Morgan fingerprint density at radius 1 is 1.10 bits per heavy atom. The zero-order valence-electron chi connectivity index (χ0n) is 11.4. The molecule has 0 bridgehead atoms. The molecule has 1 amide bonds. The average Bonchev–Trinajstić information content (AvgIpc) is 2.51. The van der Waals surface area contributed by atoms with E-state index in [-0.39, 0.29) is 5.91 Å². The predicted octanol–water partition coefficient (Wildman–Crippen LogP) is 4.40. The van der Waals surface area contributed by atoms with E-state index in [1.807, 2.05) is 55.5 Å². The van der Waals surface area contributed by atoms with Crippen LogP contribution in [-0.2, 0) is 0 Å². The van der Waals surface area contributed by atoms with Crippen molar-refractivity contribution in [1.82, 2.24) is 4.98 Å². The third kappa shape index (κ3) is 2.76. The van der Waals surface area contributed by atoms with Gasteiger partial charge in [-0.1, -0.05) is 24.3 Å². The van der Waals surface area contributed by atoms with Gasteiger partial charge in [0.1, 0.15) is 0 Å². The molecule has 104 valence electrons. The molecule has 4 heteroatoms. The largest absolute Gasteiger partial charge is 0.320 e. The number of anilines is 1. The van der Waals surface area contributed by atoms with Crippen LogP contribution in [0.15, 0.2) is 54.7 Å². The lowest BCUT2D eigenvalue weighted by atomic mass is 10.1. The lowest BCUT2D eigenvalue weighted by Crippen LogP contribution is -2.13. The van der Waals surface area contributed by atoms with Gasteiger partial charge in [-0.3, -0.25) is 9.78 Å². The van der Waals surface area contributed by atoms with Gasteiger partial charge >= 0.3 is 0 Å². The first-order chi connectivity index (χ1) is 10.2. The second-order valence-electron chi connectivity index (χ2n) is 4.76. The Morgan fingerprint density at radius 2 is 1.90 bits per heavy atom. The van der Waals surface area contributed by atoms with Crippen molar-refractivity contribution in [2.75, 3.05) is 5.32 Å². The maximum Gasteiger partial charge on any atom is 0.255 e. The summed E-state index contributed by atoms with van der Waals surface area (Å²) in [5.41, 5.74) is 3.18. The van der Waals surface area contributed by atoms with E-state index in [2.05, 4.69) is 32.9 Å². The van der Waals surface area contributed by atoms with Gasteiger partial charge in [0.25, 0.3) is 5.91 Å². The number of fused-ring (bicyclic) bond motifs is 1. The Balaban J connectivity index is 2.01. The monoisotopic (exact) mass is 388 g/mol. The van der Waals surface area contributed by atoms with Crippen molar-refractivity contribution in [1.29, 1.82) is 0 Å². The fraction of sp³-hybridized carbons (Fsp3) is 0.0588. The highest BCUT2D eigenvalue weighted by Crippen LogP contribution is 2.26. The zero-order chi connectivity index (χ0) is 14.8. The molecule has 0 spiro atoms. The fourth-order valence-electron chi connectivity index (χ4n) is 2.26. The van der Waals surface area contributed by atoms with Crippen LogP contribution >= 0.6 is 22.6 Å². The van der Waals surface area contributed by atoms with E-state index in [0.29, 0.717) is 5.56 Å². The summed E-state index contributed by atoms with van der Waals surface area (Å²) in [4.78, 5) is 16.8. The molecule has 0 saturated heterocycles. The van der Waals surface area contributed by atoms with Gasteiger partial charge in [-0.25, -0.2) is 0 Å². The first-order valence-corrected chi connectivity index (χ1v) is 7.65. The lowest BCUT2D eigenvalue weighted by Gasteiger charge is -2.10. The second kappa shape index (κ2) is 5.81. The molecule has 0 atom stereocenters. The molecule has 0 aliphatic carbocycles. The molecule has 21 heavy (non-hydrogen) atoms. The summed E-state index contributed by atoms with van der Waals surface area (Å²) in [6.07, 6.45) is 1.74. The summed E-state index contributed by atoms with van der Waals surface area (Å²) in [6, 6.07) is 15.3. The first-order valence-electron chi connectivity index (χ1n) is 6.57. The molecule has 1 N–H and O–H groups in total. The SMILES string of the molecule is Cc1ccccc1C(=O)Nc1ccc(I)c2cccnc12. The van der Waals surface area contributed by atoms with Gasteiger partial charge in [-0.15, -0.1) is 0 Å². The number of benzene rings is 2. The molecule has 3 nitrogen and oxygen atoms in total. The Kier molecular flexibility index (Phi) is 3.88. The highest BCUT2D eigenvalue weighted by atomic mass is 127. The molecular weight excluding hydrogens is 375 g/mol. The van der Waals surface area contributed by atoms with Crippen LogP contribution in [0.3, 0.4) is 0 Å². The van der Waals surface area contributed by atoms with Crippen LogP contribution in [0.4, 0.5) is 5.69 Å². The van der Waals surface area contributed by atoms with Gasteiger partial charge in [0, 0.05) is 20.7 Å². The number of amides is 1. The van der Waals surface area contributed by atoms with Crippen molar-refractivity contribution in [3.63, 3.8) is 0 Å². The molecule has 0 saturated carbocycles. The number of hydrogen-bond donors (Lipinski definition) is 1. The van der Waals surface area contributed by atoms with Crippen molar-refractivity contribution in [2.45, 2.75) is 6.92 Å². The first kappa shape index (κ1) is 14.0. The molecule has 1 aromatic heterocycles. The van der Waals surface area contributed by atoms with Crippen LogP contribution in [-0.4, -0.2) is 10.9 Å². The third-order valence-electron chi connectivity index (χ3n) is 3.35. The summed E-state index contributed by atoms with van der Waals surface area (Å²) < 4.78 is 1.12. The number of nitrogens with one attached hydrogen (secondary N) is 1. The van der Waals surface area contributed by atoms with Gasteiger partial charge in [-0.2, -0.15) is 0 Å². The number of rotatable bonds is 2. The molecule has 1 heterocycles. The van der Waals surface area contributed by atoms with Crippen LogP contribution in [0.5, 0.6) is 0 Å². The van der Waals surface area contributed by atoms with Gasteiger partial charge in [0.05, 0.1) is 11.2 Å². The van der Waals surface area contributed by atoms with E-state index in [1.165, 1.54) is 0 Å². The minimum atomic E-state index is -0.110. The number of aromatic nitrogens is 1. The summed E-state index contributed by atoms with van der Waals surface area (Å²) in [6.45, 7) is 1.93. The van der Waals surface area contributed by atoms with E-state index >= 15 is 0 Å². The van der Waals surface area contributed by atoms with Crippen molar-refractivity contribution >= 4 is 45.1 Å². The minimum absolute atomic E-state index is 0.110. The number of aryl methyl sites for hydroxylation is 1. The van der Waals surface area contributed by atoms with Gasteiger partial charge in [0.2, 0.25) is 0 Å². The van der Waals surface area contributed by atoms with E-state index < -0.39 is 0 Å². The van der Waals surface area contributed by atoms with Crippen LogP contribution in [0.25, 0.3) is 10.9 Å². The molecule has 0 aliphatic rings. The molecule has 3 rings (SSSR count). The quantitative estimate of drug-likeness (QED) is 0.662. The highest BCUT2D eigenvalue weighted by Gasteiger charge is 2.11.